The van der Waals surface area contributed by atoms with Gasteiger partial charge in [0.2, 0.25) is 0 Å². The molecule has 2 aromatic rings. The minimum atomic E-state index is -0.517. The van der Waals surface area contributed by atoms with Gasteiger partial charge >= 0.3 is 0 Å². The summed E-state index contributed by atoms with van der Waals surface area (Å²) in [7, 11) is 0. The number of para-hydroxylation sites is 1. The molecule has 3 nitrogen and oxygen atoms in total. The standard InChI is InChI=1S/C14H13Cl2FN2O/c1-2-18-13-7-6-9(15)12(19-13)8-20-14-10(16)4-3-5-11(14)17/h3-7H,2,8H2,1H3,(H,18,19). The van der Waals surface area contributed by atoms with E-state index in [4.69, 9.17) is 27.9 Å². The Kier molecular flexibility index (Phi) is 5.04. The van der Waals surface area contributed by atoms with Crippen LogP contribution in [0, 0.1) is 5.82 Å². The van der Waals surface area contributed by atoms with Gasteiger partial charge in [-0.1, -0.05) is 29.3 Å². The van der Waals surface area contributed by atoms with Crippen LogP contribution in [0.5, 0.6) is 5.75 Å². The molecule has 0 bridgehead atoms. The average molecular weight is 315 g/mol. The van der Waals surface area contributed by atoms with Crippen LogP contribution in [0.1, 0.15) is 12.6 Å². The quantitative estimate of drug-likeness (QED) is 0.879. The lowest BCUT2D eigenvalue weighted by molar-refractivity contribution is 0.286. The molecule has 0 unspecified atom stereocenters. The summed E-state index contributed by atoms with van der Waals surface area (Å²) in [5.74, 6) is 0.174. The lowest BCUT2D eigenvalue weighted by Gasteiger charge is -2.11. The molecule has 0 aliphatic heterocycles. The highest BCUT2D eigenvalue weighted by Crippen LogP contribution is 2.28. The van der Waals surface area contributed by atoms with Crippen molar-refractivity contribution in [2.75, 3.05) is 11.9 Å². The van der Waals surface area contributed by atoms with E-state index in [0.29, 0.717) is 16.5 Å². The van der Waals surface area contributed by atoms with E-state index in [2.05, 4.69) is 10.3 Å². The van der Waals surface area contributed by atoms with Crippen molar-refractivity contribution < 1.29 is 9.13 Å². The fraction of sp³-hybridized carbons (Fsp3) is 0.214. The Labute approximate surface area is 126 Å². The smallest absolute Gasteiger partial charge is 0.174 e. The third kappa shape index (κ3) is 3.52. The van der Waals surface area contributed by atoms with Crippen LogP contribution in [0.25, 0.3) is 0 Å². The molecule has 0 amide bonds. The summed E-state index contributed by atoms with van der Waals surface area (Å²) < 4.78 is 19.0. The van der Waals surface area contributed by atoms with Gasteiger partial charge in [0.05, 0.1) is 15.7 Å². The van der Waals surface area contributed by atoms with E-state index in [1.54, 1.807) is 18.2 Å². The average Bonchev–Trinajstić information content (AvgIpc) is 2.42. The van der Waals surface area contributed by atoms with Gasteiger partial charge < -0.3 is 10.1 Å². The van der Waals surface area contributed by atoms with Crippen molar-refractivity contribution in [3.63, 3.8) is 0 Å². The van der Waals surface area contributed by atoms with Gasteiger partial charge in [-0.05, 0) is 31.2 Å². The van der Waals surface area contributed by atoms with Gasteiger partial charge in [-0.3, -0.25) is 0 Å². The molecule has 0 saturated carbocycles. The molecule has 1 heterocycles. The molecule has 0 atom stereocenters. The molecular formula is C14H13Cl2FN2O. The monoisotopic (exact) mass is 314 g/mol. The van der Waals surface area contributed by atoms with Crippen LogP contribution in [-0.4, -0.2) is 11.5 Å². The summed E-state index contributed by atoms with van der Waals surface area (Å²) in [6.45, 7) is 2.75. The zero-order valence-corrected chi connectivity index (χ0v) is 12.3. The predicted octanol–water partition coefficient (Wildman–Crippen LogP) is 4.54. The summed E-state index contributed by atoms with van der Waals surface area (Å²) in [4.78, 5) is 4.30. The summed E-state index contributed by atoms with van der Waals surface area (Å²) in [6, 6.07) is 7.84. The van der Waals surface area contributed by atoms with Crippen LogP contribution in [0.4, 0.5) is 10.2 Å². The van der Waals surface area contributed by atoms with Gasteiger partial charge in [0.25, 0.3) is 0 Å². The lowest BCUT2D eigenvalue weighted by atomic mass is 10.3. The minimum absolute atomic E-state index is 0.000821. The van der Waals surface area contributed by atoms with Gasteiger partial charge in [-0.2, -0.15) is 0 Å². The topological polar surface area (TPSA) is 34.1 Å². The summed E-state index contributed by atoms with van der Waals surface area (Å²) in [5.41, 5.74) is 0.518. The van der Waals surface area contributed by atoms with E-state index in [1.165, 1.54) is 12.1 Å². The van der Waals surface area contributed by atoms with Gasteiger partial charge in [0, 0.05) is 6.54 Å². The van der Waals surface area contributed by atoms with Crippen molar-refractivity contribution in [3.8, 4) is 5.75 Å². The van der Waals surface area contributed by atoms with Gasteiger partial charge in [0.1, 0.15) is 12.4 Å². The molecule has 0 aliphatic carbocycles. The number of hydrogen-bond donors (Lipinski definition) is 1. The van der Waals surface area contributed by atoms with Crippen molar-refractivity contribution in [2.24, 2.45) is 0 Å². The van der Waals surface area contributed by atoms with Crippen LogP contribution in [0.15, 0.2) is 30.3 Å². The fourth-order valence-corrected chi connectivity index (χ4v) is 2.00. The lowest BCUT2D eigenvalue weighted by Crippen LogP contribution is -2.05. The molecule has 0 fully saturated rings. The number of rotatable bonds is 5. The van der Waals surface area contributed by atoms with Crippen LogP contribution >= 0.6 is 23.2 Å². The number of pyridine rings is 1. The molecular weight excluding hydrogens is 302 g/mol. The number of benzene rings is 1. The molecule has 0 saturated heterocycles. The normalized spacial score (nSPS) is 10.4. The minimum Gasteiger partial charge on any atom is -0.483 e. The highest BCUT2D eigenvalue weighted by Gasteiger charge is 2.10. The Morgan fingerprint density at radius 3 is 2.70 bits per heavy atom. The van der Waals surface area contributed by atoms with Crippen molar-refractivity contribution in [2.45, 2.75) is 13.5 Å². The van der Waals surface area contributed by atoms with Crippen LogP contribution in [0.2, 0.25) is 10.0 Å². The van der Waals surface area contributed by atoms with Gasteiger partial charge in [-0.15, -0.1) is 0 Å². The Morgan fingerprint density at radius 1 is 1.20 bits per heavy atom. The number of halogens is 3. The molecule has 1 aromatic heterocycles. The third-order valence-corrected chi connectivity index (χ3v) is 3.19. The van der Waals surface area contributed by atoms with Crippen molar-refractivity contribution >= 4 is 29.0 Å². The number of hydrogen-bond acceptors (Lipinski definition) is 3. The molecule has 0 spiro atoms. The second-order valence-electron chi connectivity index (χ2n) is 3.99. The Balaban J connectivity index is 2.16. The second-order valence-corrected chi connectivity index (χ2v) is 4.81. The van der Waals surface area contributed by atoms with E-state index < -0.39 is 5.82 Å². The van der Waals surface area contributed by atoms with E-state index >= 15 is 0 Å². The number of nitrogens with one attached hydrogen (secondary N) is 1. The predicted molar refractivity (Wildman–Crippen MR) is 79.2 cm³/mol. The highest BCUT2D eigenvalue weighted by atomic mass is 35.5. The fourth-order valence-electron chi connectivity index (χ4n) is 1.63. The van der Waals surface area contributed by atoms with Crippen LogP contribution in [-0.2, 0) is 6.61 Å². The Morgan fingerprint density at radius 2 is 2.00 bits per heavy atom. The largest absolute Gasteiger partial charge is 0.483 e. The maximum absolute atomic E-state index is 13.6. The molecule has 6 heteroatoms. The molecule has 106 valence electrons. The van der Waals surface area contributed by atoms with Crippen LogP contribution in [0.3, 0.4) is 0 Å². The van der Waals surface area contributed by atoms with Crippen molar-refractivity contribution in [1.82, 2.24) is 4.98 Å². The Bertz CT molecular complexity index is 587. The molecule has 2 rings (SSSR count). The number of nitrogens with zero attached hydrogens (tertiary/aromatic N) is 1. The maximum Gasteiger partial charge on any atom is 0.174 e. The molecule has 0 aliphatic rings. The van der Waals surface area contributed by atoms with E-state index in [-0.39, 0.29) is 17.4 Å². The van der Waals surface area contributed by atoms with Crippen molar-refractivity contribution in [3.05, 3.63) is 51.9 Å². The van der Waals surface area contributed by atoms with Gasteiger partial charge in [0.15, 0.2) is 11.6 Å². The zero-order chi connectivity index (χ0) is 14.5. The first-order valence-electron chi connectivity index (χ1n) is 6.08. The molecule has 1 N–H and O–H groups in total. The molecule has 20 heavy (non-hydrogen) atoms. The number of ether oxygens (including phenoxy) is 1. The van der Waals surface area contributed by atoms with E-state index in [1.807, 2.05) is 6.92 Å². The third-order valence-electron chi connectivity index (χ3n) is 2.55. The summed E-state index contributed by atoms with van der Waals surface area (Å²) in [5, 5.41) is 3.74. The first-order chi connectivity index (χ1) is 9.61. The Hall–Kier alpha value is -1.52. The highest BCUT2D eigenvalue weighted by molar-refractivity contribution is 6.32. The zero-order valence-electron chi connectivity index (χ0n) is 10.8. The first kappa shape index (κ1) is 14.9. The summed E-state index contributed by atoms with van der Waals surface area (Å²) in [6.07, 6.45) is 0. The van der Waals surface area contributed by atoms with Gasteiger partial charge in [-0.25, -0.2) is 9.37 Å². The number of aromatic nitrogens is 1. The summed E-state index contributed by atoms with van der Waals surface area (Å²) >= 11 is 11.9. The molecule has 1 aromatic carbocycles. The van der Waals surface area contributed by atoms with Crippen LogP contribution < -0.4 is 10.1 Å². The van der Waals surface area contributed by atoms with E-state index in [0.717, 1.165) is 6.54 Å². The first-order valence-corrected chi connectivity index (χ1v) is 6.83. The maximum atomic E-state index is 13.6. The van der Waals surface area contributed by atoms with E-state index in [9.17, 15) is 4.39 Å². The van der Waals surface area contributed by atoms with Crippen molar-refractivity contribution in [1.29, 1.82) is 0 Å². The SMILES string of the molecule is CCNc1ccc(Cl)c(COc2c(F)cccc2Cl)n1. The number of anilines is 1. The second kappa shape index (κ2) is 6.77. The molecule has 0 radical (unpaired) electrons.